The van der Waals surface area contributed by atoms with E-state index in [2.05, 4.69) is 10.6 Å². The zero-order chi connectivity index (χ0) is 17.9. The zero-order valence-electron chi connectivity index (χ0n) is 13.0. The summed E-state index contributed by atoms with van der Waals surface area (Å²) < 4.78 is 39.7. The normalized spacial score (nSPS) is 13.4. The predicted molar refractivity (Wildman–Crippen MR) is 87.4 cm³/mol. The summed E-state index contributed by atoms with van der Waals surface area (Å²) in [5, 5.41) is 5.84. The maximum Gasteiger partial charge on any atom is 0.241 e. The second kappa shape index (κ2) is 7.68. The van der Waals surface area contributed by atoms with Crippen LogP contribution in [-0.4, -0.2) is 11.9 Å². The average Bonchev–Trinajstić information content (AvgIpc) is 2.55. The fourth-order valence-electron chi connectivity index (χ4n) is 2.19. The number of anilines is 1. The number of halogens is 4. The first-order valence-electron chi connectivity index (χ1n) is 7.25. The summed E-state index contributed by atoms with van der Waals surface area (Å²) in [5.41, 5.74) is 0.462. The molecule has 0 aromatic heterocycles. The fraction of sp³-hybridized carbons (Fsp3) is 0.235. The Bertz CT molecular complexity index is 755. The Labute approximate surface area is 142 Å². The molecule has 0 saturated carbocycles. The van der Waals surface area contributed by atoms with Crippen LogP contribution < -0.4 is 10.6 Å². The summed E-state index contributed by atoms with van der Waals surface area (Å²) in [5.74, 6) is -4.95. The molecule has 0 saturated heterocycles. The highest BCUT2D eigenvalue weighted by atomic mass is 35.5. The number of carbonyl (C=O) groups is 1. The van der Waals surface area contributed by atoms with Crippen LogP contribution in [0.3, 0.4) is 0 Å². The van der Waals surface area contributed by atoms with E-state index >= 15 is 0 Å². The molecule has 0 unspecified atom stereocenters. The second-order valence-electron chi connectivity index (χ2n) is 5.38. The van der Waals surface area contributed by atoms with Crippen molar-refractivity contribution in [1.82, 2.24) is 5.32 Å². The Morgan fingerprint density at radius 2 is 1.79 bits per heavy atom. The van der Waals surface area contributed by atoms with Gasteiger partial charge in [0.1, 0.15) is 0 Å². The summed E-state index contributed by atoms with van der Waals surface area (Å²) in [4.78, 5) is 12.1. The van der Waals surface area contributed by atoms with Crippen LogP contribution in [-0.2, 0) is 4.79 Å². The van der Waals surface area contributed by atoms with Crippen LogP contribution in [0.15, 0.2) is 36.4 Å². The van der Waals surface area contributed by atoms with Gasteiger partial charge >= 0.3 is 0 Å². The van der Waals surface area contributed by atoms with Crippen molar-refractivity contribution in [3.05, 3.63) is 64.4 Å². The number of hydrogen-bond donors (Lipinski definition) is 2. The van der Waals surface area contributed by atoms with E-state index in [-0.39, 0.29) is 6.04 Å². The molecule has 24 heavy (non-hydrogen) atoms. The van der Waals surface area contributed by atoms with Crippen LogP contribution in [0.5, 0.6) is 0 Å². The van der Waals surface area contributed by atoms with Crippen molar-refractivity contribution in [1.29, 1.82) is 0 Å². The maximum absolute atomic E-state index is 13.6. The zero-order valence-corrected chi connectivity index (χ0v) is 13.8. The molecule has 3 nitrogen and oxygen atoms in total. The lowest BCUT2D eigenvalue weighted by molar-refractivity contribution is -0.118. The van der Waals surface area contributed by atoms with Crippen molar-refractivity contribution in [2.24, 2.45) is 0 Å². The maximum atomic E-state index is 13.6. The quantitative estimate of drug-likeness (QED) is 0.778. The standard InChI is InChI=1S/C17H16ClF3N2O/c1-9(11-4-3-5-12(18)8-11)22-10(2)17(24)23-14-7-6-13(19)15(20)16(14)21/h3-10,22H,1-2H3,(H,23,24)/t9-,10-/m1/s1. The summed E-state index contributed by atoms with van der Waals surface area (Å²) in [7, 11) is 0. The van der Waals surface area contributed by atoms with Gasteiger partial charge in [0.15, 0.2) is 17.5 Å². The highest BCUT2D eigenvalue weighted by molar-refractivity contribution is 6.30. The third kappa shape index (κ3) is 4.27. The monoisotopic (exact) mass is 356 g/mol. The minimum absolute atomic E-state index is 0.195. The van der Waals surface area contributed by atoms with Gasteiger partial charge in [0.2, 0.25) is 5.91 Å². The van der Waals surface area contributed by atoms with E-state index in [9.17, 15) is 18.0 Å². The Balaban J connectivity index is 2.03. The molecule has 128 valence electrons. The van der Waals surface area contributed by atoms with Gasteiger partial charge in [0.05, 0.1) is 11.7 Å². The van der Waals surface area contributed by atoms with Gasteiger partial charge in [-0.1, -0.05) is 23.7 Å². The molecule has 0 bridgehead atoms. The van der Waals surface area contributed by atoms with Crippen LogP contribution in [0, 0.1) is 17.5 Å². The Hall–Kier alpha value is -2.05. The van der Waals surface area contributed by atoms with Crippen molar-refractivity contribution in [3.8, 4) is 0 Å². The van der Waals surface area contributed by atoms with Gasteiger partial charge in [-0.25, -0.2) is 13.2 Å². The minimum Gasteiger partial charge on any atom is -0.322 e. The second-order valence-corrected chi connectivity index (χ2v) is 5.81. The highest BCUT2D eigenvalue weighted by Crippen LogP contribution is 2.21. The van der Waals surface area contributed by atoms with Gasteiger partial charge in [-0.15, -0.1) is 0 Å². The summed E-state index contributed by atoms with van der Waals surface area (Å²) in [6, 6.07) is 7.96. The SMILES string of the molecule is C[C@@H](N[C@H](C)c1cccc(Cl)c1)C(=O)Nc1ccc(F)c(F)c1F. The molecule has 0 fully saturated rings. The molecule has 7 heteroatoms. The van der Waals surface area contributed by atoms with Crippen molar-refractivity contribution >= 4 is 23.2 Å². The summed E-state index contributed by atoms with van der Waals surface area (Å²) in [6.45, 7) is 3.42. The molecule has 0 radical (unpaired) electrons. The van der Waals surface area contributed by atoms with Gasteiger partial charge in [0.25, 0.3) is 0 Å². The van der Waals surface area contributed by atoms with Crippen molar-refractivity contribution in [2.75, 3.05) is 5.32 Å². The van der Waals surface area contributed by atoms with Crippen LogP contribution >= 0.6 is 11.6 Å². The number of nitrogens with one attached hydrogen (secondary N) is 2. The lowest BCUT2D eigenvalue weighted by Crippen LogP contribution is -2.39. The van der Waals surface area contributed by atoms with Gasteiger partial charge in [0, 0.05) is 11.1 Å². The van der Waals surface area contributed by atoms with E-state index in [1.807, 2.05) is 13.0 Å². The number of amides is 1. The highest BCUT2D eigenvalue weighted by Gasteiger charge is 2.20. The van der Waals surface area contributed by atoms with Gasteiger partial charge in [-0.3, -0.25) is 10.1 Å². The Kier molecular flexibility index (Phi) is 5.85. The fourth-order valence-corrected chi connectivity index (χ4v) is 2.38. The van der Waals surface area contributed by atoms with Crippen molar-refractivity contribution in [3.63, 3.8) is 0 Å². The van der Waals surface area contributed by atoms with Crippen LogP contribution in [0.1, 0.15) is 25.5 Å². The van der Waals surface area contributed by atoms with E-state index in [1.54, 1.807) is 25.1 Å². The van der Waals surface area contributed by atoms with Gasteiger partial charge < -0.3 is 5.32 Å². The van der Waals surface area contributed by atoms with Gasteiger partial charge in [-0.05, 0) is 43.7 Å². The van der Waals surface area contributed by atoms with E-state index < -0.39 is 35.1 Å². The molecule has 0 aliphatic carbocycles. The molecule has 0 spiro atoms. The van der Waals surface area contributed by atoms with Crippen molar-refractivity contribution < 1.29 is 18.0 Å². The van der Waals surface area contributed by atoms with E-state index in [0.717, 1.165) is 17.7 Å². The molecule has 1 amide bonds. The molecule has 2 rings (SSSR count). The Morgan fingerprint density at radius 3 is 2.46 bits per heavy atom. The van der Waals surface area contributed by atoms with E-state index in [0.29, 0.717) is 5.02 Å². The minimum atomic E-state index is -1.62. The predicted octanol–water partition coefficient (Wildman–Crippen LogP) is 4.44. The van der Waals surface area contributed by atoms with Crippen LogP contribution in [0.4, 0.5) is 18.9 Å². The molecule has 2 N–H and O–H groups in total. The average molecular weight is 357 g/mol. The lowest BCUT2D eigenvalue weighted by atomic mass is 10.1. The molecule has 0 aliphatic heterocycles. The largest absolute Gasteiger partial charge is 0.322 e. The molecular weight excluding hydrogens is 341 g/mol. The van der Waals surface area contributed by atoms with Crippen LogP contribution in [0.25, 0.3) is 0 Å². The summed E-state index contributed by atoms with van der Waals surface area (Å²) >= 11 is 5.93. The Morgan fingerprint density at radius 1 is 1.08 bits per heavy atom. The number of rotatable bonds is 5. The molecule has 0 aliphatic rings. The van der Waals surface area contributed by atoms with Crippen LogP contribution in [0.2, 0.25) is 5.02 Å². The van der Waals surface area contributed by atoms with E-state index in [1.165, 1.54) is 0 Å². The third-order valence-electron chi connectivity index (χ3n) is 3.54. The molecule has 0 heterocycles. The van der Waals surface area contributed by atoms with Gasteiger partial charge in [-0.2, -0.15) is 0 Å². The van der Waals surface area contributed by atoms with E-state index in [4.69, 9.17) is 11.6 Å². The molecule has 2 aromatic carbocycles. The summed E-state index contributed by atoms with van der Waals surface area (Å²) in [6.07, 6.45) is 0. The number of benzene rings is 2. The number of hydrogen-bond acceptors (Lipinski definition) is 2. The smallest absolute Gasteiger partial charge is 0.241 e. The first-order valence-corrected chi connectivity index (χ1v) is 7.63. The first kappa shape index (κ1) is 18.3. The first-order chi connectivity index (χ1) is 11.3. The number of carbonyl (C=O) groups excluding carboxylic acids is 1. The lowest BCUT2D eigenvalue weighted by Gasteiger charge is -2.20. The third-order valence-corrected chi connectivity index (χ3v) is 3.77. The topological polar surface area (TPSA) is 41.1 Å². The van der Waals surface area contributed by atoms with Crippen molar-refractivity contribution in [2.45, 2.75) is 25.9 Å². The molecule has 2 atom stereocenters. The molecular formula is C17H16ClF3N2O. The molecule has 2 aromatic rings.